The van der Waals surface area contributed by atoms with Gasteiger partial charge in [0, 0.05) is 67.1 Å². The van der Waals surface area contributed by atoms with Gasteiger partial charge >= 0.3 is 0 Å². The molecule has 3 heterocycles. The van der Waals surface area contributed by atoms with Crippen molar-refractivity contribution < 1.29 is 13.9 Å². The molecule has 1 saturated heterocycles. The monoisotopic (exact) mass is 509 g/mol. The predicted octanol–water partition coefficient (Wildman–Crippen LogP) is 3.40. The number of amides is 1. The number of rotatable bonds is 6. The normalized spacial score (nSPS) is 13.1. The molecule has 0 radical (unpaired) electrons. The highest BCUT2D eigenvalue weighted by Crippen LogP contribution is 2.41. The van der Waals surface area contributed by atoms with Crippen molar-refractivity contribution in [1.29, 1.82) is 5.26 Å². The van der Waals surface area contributed by atoms with E-state index in [9.17, 15) is 10.1 Å². The molecule has 9 nitrogen and oxygen atoms in total. The van der Waals surface area contributed by atoms with Gasteiger partial charge in [-0.15, -0.1) is 0 Å². The van der Waals surface area contributed by atoms with Gasteiger partial charge in [0.05, 0.1) is 24.3 Å². The number of benzene rings is 2. The minimum absolute atomic E-state index is 0.00753. The van der Waals surface area contributed by atoms with Crippen LogP contribution < -0.4 is 20.7 Å². The van der Waals surface area contributed by atoms with E-state index in [1.54, 1.807) is 30.6 Å². The van der Waals surface area contributed by atoms with Crippen LogP contribution in [-0.2, 0) is 0 Å². The van der Waals surface area contributed by atoms with Crippen LogP contribution in [0, 0.1) is 17.1 Å². The van der Waals surface area contributed by atoms with E-state index in [0.29, 0.717) is 22.3 Å². The Kier molecular flexibility index (Phi) is 6.93. The molecule has 0 saturated carbocycles. The number of pyridine rings is 1. The first-order valence-corrected chi connectivity index (χ1v) is 12.0. The van der Waals surface area contributed by atoms with Gasteiger partial charge in [-0.05, 0) is 35.9 Å². The number of piperazine rings is 1. The van der Waals surface area contributed by atoms with Gasteiger partial charge in [-0.25, -0.2) is 14.4 Å². The van der Waals surface area contributed by atoms with Crippen LogP contribution in [0.1, 0.15) is 16.1 Å². The Labute approximate surface area is 218 Å². The summed E-state index contributed by atoms with van der Waals surface area (Å²) < 4.78 is 21.8. The molecule has 0 spiro atoms. The van der Waals surface area contributed by atoms with Gasteiger partial charge in [0.1, 0.15) is 17.3 Å². The van der Waals surface area contributed by atoms with E-state index in [-0.39, 0.29) is 22.8 Å². The van der Waals surface area contributed by atoms with E-state index in [1.807, 2.05) is 18.2 Å². The summed E-state index contributed by atoms with van der Waals surface area (Å²) in [6.07, 6.45) is 4.59. The van der Waals surface area contributed by atoms with Crippen molar-refractivity contribution in [3.05, 3.63) is 78.1 Å². The first-order valence-electron chi connectivity index (χ1n) is 12.0. The summed E-state index contributed by atoms with van der Waals surface area (Å²) in [6, 6.07) is 14.2. The van der Waals surface area contributed by atoms with E-state index in [1.165, 1.54) is 19.4 Å². The van der Waals surface area contributed by atoms with E-state index in [0.717, 1.165) is 37.4 Å². The molecule has 4 aromatic rings. The summed E-state index contributed by atoms with van der Waals surface area (Å²) in [5, 5.41) is 13.0. The third-order valence-electron chi connectivity index (χ3n) is 6.45. The van der Waals surface area contributed by atoms with Gasteiger partial charge in [-0.3, -0.25) is 9.78 Å². The number of nitriles is 1. The second-order valence-electron chi connectivity index (χ2n) is 8.64. The number of methoxy groups -OCH3 is 1. The van der Waals surface area contributed by atoms with E-state index in [4.69, 9.17) is 10.5 Å². The van der Waals surface area contributed by atoms with Gasteiger partial charge < -0.3 is 20.7 Å². The van der Waals surface area contributed by atoms with Gasteiger partial charge in [-0.1, -0.05) is 12.1 Å². The summed E-state index contributed by atoms with van der Waals surface area (Å²) >= 11 is 0. The molecule has 0 atom stereocenters. The minimum Gasteiger partial charge on any atom is -0.496 e. The number of primary amides is 1. The zero-order chi connectivity index (χ0) is 26.6. The van der Waals surface area contributed by atoms with Crippen LogP contribution in [0.5, 0.6) is 5.75 Å². The Balaban J connectivity index is 1.71. The van der Waals surface area contributed by atoms with Crippen molar-refractivity contribution in [2.24, 2.45) is 5.73 Å². The first-order chi connectivity index (χ1) is 18.5. The van der Waals surface area contributed by atoms with Crippen LogP contribution in [0.2, 0.25) is 0 Å². The number of ether oxygens (including phenoxy) is 1. The average Bonchev–Trinajstić information content (AvgIpc) is 2.97. The van der Waals surface area contributed by atoms with Crippen molar-refractivity contribution in [2.75, 3.05) is 38.2 Å². The first kappa shape index (κ1) is 24.8. The lowest BCUT2D eigenvalue weighted by molar-refractivity contribution is 0.0995. The molecule has 0 bridgehead atoms. The third-order valence-corrected chi connectivity index (χ3v) is 6.45. The maximum atomic E-state index is 16.4. The van der Waals surface area contributed by atoms with Crippen LogP contribution in [0.25, 0.3) is 33.6 Å². The second kappa shape index (κ2) is 10.6. The molecule has 2 aromatic carbocycles. The van der Waals surface area contributed by atoms with Crippen molar-refractivity contribution in [3.63, 3.8) is 0 Å². The Hall–Kier alpha value is -4.88. The Bertz CT molecular complexity index is 1560. The van der Waals surface area contributed by atoms with Crippen LogP contribution in [0.3, 0.4) is 0 Å². The number of carbonyl (C=O) groups is 1. The molecule has 5 rings (SSSR count). The Morgan fingerprint density at radius 2 is 1.89 bits per heavy atom. The zero-order valence-electron chi connectivity index (χ0n) is 20.6. The summed E-state index contributed by atoms with van der Waals surface area (Å²) in [5.41, 5.74) is 9.19. The number of nitrogens with two attached hydrogens (primary N) is 1. The Morgan fingerprint density at radius 1 is 1.11 bits per heavy atom. The third kappa shape index (κ3) is 4.63. The van der Waals surface area contributed by atoms with Gasteiger partial charge in [0.25, 0.3) is 5.91 Å². The maximum absolute atomic E-state index is 16.4. The lowest BCUT2D eigenvalue weighted by Crippen LogP contribution is -2.43. The van der Waals surface area contributed by atoms with Crippen molar-refractivity contribution in [1.82, 2.24) is 20.3 Å². The second-order valence-corrected chi connectivity index (χ2v) is 8.64. The maximum Gasteiger partial charge on any atom is 0.267 e. The van der Waals surface area contributed by atoms with Gasteiger partial charge in [0.15, 0.2) is 5.82 Å². The van der Waals surface area contributed by atoms with E-state index < -0.39 is 11.7 Å². The van der Waals surface area contributed by atoms with Crippen LogP contribution >= 0.6 is 0 Å². The van der Waals surface area contributed by atoms with E-state index in [2.05, 4.69) is 31.2 Å². The average molecular weight is 510 g/mol. The fourth-order valence-electron chi connectivity index (χ4n) is 4.58. The summed E-state index contributed by atoms with van der Waals surface area (Å²) in [6.45, 7) is 3.01. The van der Waals surface area contributed by atoms with Crippen LogP contribution in [0.4, 0.5) is 10.1 Å². The van der Waals surface area contributed by atoms with Crippen molar-refractivity contribution in [2.45, 2.75) is 0 Å². The molecular weight excluding hydrogens is 485 g/mol. The molecular formula is C28H24FN7O2. The van der Waals surface area contributed by atoms with Gasteiger partial charge in [-0.2, -0.15) is 5.26 Å². The largest absolute Gasteiger partial charge is 0.496 e. The van der Waals surface area contributed by atoms with Crippen LogP contribution in [-0.4, -0.2) is 54.1 Å². The molecule has 1 aliphatic heterocycles. The Morgan fingerprint density at radius 3 is 2.63 bits per heavy atom. The standard InChI is InChI=1S/C28H24FN7O2/c1-38-24-5-4-20(26(29)25(24)28-34-9-7-22(35-28)27(31)37)19-3-2-17(21-16-33-8-6-18(21)15-30)14-23(19)36-12-10-32-11-13-36/h2-9,14,16,32H,10-13H2,1H3,(H2,31,37). The highest BCUT2D eigenvalue weighted by Gasteiger charge is 2.24. The molecule has 1 amide bonds. The zero-order valence-corrected chi connectivity index (χ0v) is 20.6. The number of nitrogens with one attached hydrogen (secondary N) is 1. The fourth-order valence-corrected chi connectivity index (χ4v) is 4.58. The quantitative estimate of drug-likeness (QED) is 0.405. The highest BCUT2D eigenvalue weighted by atomic mass is 19.1. The summed E-state index contributed by atoms with van der Waals surface area (Å²) in [5.74, 6) is -1.11. The van der Waals surface area contributed by atoms with E-state index >= 15 is 4.39 Å². The summed E-state index contributed by atoms with van der Waals surface area (Å²) in [7, 11) is 1.43. The lowest BCUT2D eigenvalue weighted by atomic mass is 9.94. The number of carbonyl (C=O) groups excluding carboxylic acids is 1. The van der Waals surface area contributed by atoms with Crippen LogP contribution in [0.15, 0.2) is 61.1 Å². The molecule has 1 aliphatic rings. The molecule has 1 fully saturated rings. The molecule has 2 aromatic heterocycles. The number of aromatic nitrogens is 3. The summed E-state index contributed by atoms with van der Waals surface area (Å²) in [4.78, 5) is 26.4. The molecule has 0 unspecified atom stereocenters. The predicted molar refractivity (Wildman–Crippen MR) is 141 cm³/mol. The number of nitrogens with zero attached hydrogens (tertiary/aromatic N) is 5. The molecule has 190 valence electrons. The lowest BCUT2D eigenvalue weighted by Gasteiger charge is -2.32. The molecule has 3 N–H and O–H groups in total. The topological polar surface area (TPSA) is 130 Å². The minimum atomic E-state index is -0.743. The molecule has 38 heavy (non-hydrogen) atoms. The fraction of sp³-hybridized carbons (Fsp3) is 0.179. The number of anilines is 1. The highest BCUT2D eigenvalue weighted by molar-refractivity contribution is 5.91. The SMILES string of the molecule is COc1ccc(-c2ccc(-c3cnccc3C#N)cc2N2CCNCC2)c(F)c1-c1nccc(C(N)=O)n1. The molecule has 0 aliphatic carbocycles. The molecule has 10 heteroatoms. The number of hydrogen-bond acceptors (Lipinski definition) is 8. The smallest absolute Gasteiger partial charge is 0.267 e. The van der Waals surface area contributed by atoms with Gasteiger partial charge in [0.2, 0.25) is 0 Å². The van der Waals surface area contributed by atoms with Crippen molar-refractivity contribution >= 4 is 11.6 Å². The van der Waals surface area contributed by atoms with Crippen molar-refractivity contribution in [3.8, 4) is 45.5 Å². The number of halogens is 1. The number of hydrogen-bond donors (Lipinski definition) is 2.